The minimum atomic E-state index is -0.604. The molecule has 0 bridgehead atoms. The van der Waals surface area contributed by atoms with Crippen molar-refractivity contribution in [3.63, 3.8) is 0 Å². The maximum atomic E-state index is 9.61. The lowest BCUT2D eigenvalue weighted by molar-refractivity contribution is -0.196. The van der Waals surface area contributed by atoms with E-state index in [-0.39, 0.29) is 12.9 Å². The molecule has 1 aromatic rings. The van der Waals surface area contributed by atoms with Crippen LogP contribution in [0.15, 0.2) is 24.3 Å². The van der Waals surface area contributed by atoms with Crippen LogP contribution in [-0.4, -0.2) is 24.6 Å². The molecule has 0 unspecified atom stereocenters. The Kier molecular flexibility index (Phi) is 2.67. The van der Waals surface area contributed by atoms with E-state index in [0.29, 0.717) is 12.3 Å². The molecule has 0 saturated carbocycles. The molecule has 1 aliphatic heterocycles. The van der Waals surface area contributed by atoms with Gasteiger partial charge >= 0.3 is 0 Å². The first-order chi connectivity index (χ1) is 6.77. The van der Waals surface area contributed by atoms with Gasteiger partial charge in [-0.05, 0) is 17.7 Å². The van der Waals surface area contributed by atoms with Crippen molar-refractivity contribution in [3.05, 3.63) is 29.8 Å². The number of aliphatic hydroxyl groups excluding tert-OH is 1. The highest BCUT2D eigenvalue weighted by molar-refractivity contribution is 5.40. The Labute approximate surface area is 82.2 Å². The number of anilines is 1. The van der Waals surface area contributed by atoms with Crippen molar-refractivity contribution in [2.24, 2.45) is 0 Å². The third kappa shape index (κ3) is 1.87. The van der Waals surface area contributed by atoms with Crippen LogP contribution < -0.4 is 5.73 Å². The molecule has 1 aromatic carbocycles. The standard InChI is InChI=1S/C10H13NO3/c11-8-3-1-7(2-4-8)10-9(12)5-13-6-14-10/h1-4,9-10,12H,5-6,11H2/t9-,10+/m1/s1. The monoisotopic (exact) mass is 195 g/mol. The lowest BCUT2D eigenvalue weighted by atomic mass is 10.0. The van der Waals surface area contributed by atoms with E-state index in [9.17, 15) is 5.11 Å². The maximum absolute atomic E-state index is 9.61. The highest BCUT2D eigenvalue weighted by atomic mass is 16.7. The first-order valence-electron chi connectivity index (χ1n) is 4.50. The molecule has 3 N–H and O–H groups in total. The Morgan fingerprint density at radius 1 is 1.29 bits per heavy atom. The largest absolute Gasteiger partial charge is 0.399 e. The van der Waals surface area contributed by atoms with Gasteiger partial charge in [0.1, 0.15) is 19.0 Å². The Morgan fingerprint density at radius 2 is 2.00 bits per heavy atom. The van der Waals surface area contributed by atoms with Gasteiger partial charge in [-0.1, -0.05) is 12.1 Å². The fraction of sp³-hybridized carbons (Fsp3) is 0.400. The summed E-state index contributed by atoms with van der Waals surface area (Å²) in [5, 5.41) is 9.61. The number of hydrogen-bond acceptors (Lipinski definition) is 4. The van der Waals surface area contributed by atoms with E-state index in [4.69, 9.17) is 15.2 Å². The second-order valence-electron chi connectivity index (χ2n) is 3.31. The van der Waals surface area contributed by atoms with E-state index in [1.165, 1.54) is 0 Å². The minimum absolute atomic E-state index is 0.228. The van der Waals surface area contributed by atoms with Crippen molar-refractivity contribution >= 4 is 5.69 Å². The lowest BCUT2D eigenvalue weighted by Gasteiger charge is -2.28. The van der Waals surface area contributed by atoms with Gasteiger partial charge in [-0.2, -0.15) is 0 Å². The number of nitrogen functional groups attached to an aromatic ring is 1. The zero-order chi connectivity index (χ0) is 9.97. The van der Waals surface area contributed by atoms with Crippen molar-refractivity contribution in [1.29, 1.82) is 0 Å². The molecular formula is C10H13NO3. The van der Waals surface area contributed by atoms with Gasteiger partial charge < -0.3 is 20.3 Å². The molecule has 0 aliphatic carbocycles. The van der Waals surface area contributed by atoms with E-state index in [2.05, 4.69) is 0 Å². The van der Waals surface area contributed by atoms with Crippen molar-refractivity contribution in [3.8, 4) is 0 Å². The molecule has 1 saturated heterocycles. The van der Waals surface area contributed by atoms with Crippen LogP contribution in [0.25, 0.3) is 0 Å². The summed E-state index contributed by atoms with van der Waals surface area (Å²) in [6, 6.07) is 7.30. The Bertz CT molecular complexity index is 299. The van der Waals surface area contributed by atoms with E-state index in [1.54, 1.807) is 12.1 Å². The molecule has 1 fully saturated rings. The van der Waals surface area contributed by atoms with Crippen LogP contribution in [0.2, 0.25) is 0 Å². The Morgan fingerprint density at radius 3 is 2.64 bits per heavy atom. The number of nitrogens with two attached hydrogens (primary N) is 1. The number of aliphatic hydroxyl groups is 1. The van der Waals surface area contributed by atoms with E-state index in [0.717, 1.165) is 5.56 Å². The van der Waals surface area contributed by atoms with E-state index < -0.39 is 6.10 Å². The van der Waals surface area contributed by atoms with Crippen LogP contribution in [0.3, 0.4) is 0 Å². The third-order valence-electron chi connectivity index (χ3n) is 2.23. The first kappa shape index (κ1) is 9.45. The van der Waals surface area contributed by atoms with Gasteiger partial charge in [-0.3, -0.25) is 0 Å². The van der Waals surface area contributed by atoms with Gasteiger partial charge in [-0.15, -0.1) is 0 Å². The zero-order valence-corrected chi connectivity index (χ0v) is 7.72. The average Bonchev–Trinajstić information content (AvgIpc) is 2.20. The van der Waals surface area contributed by atoms with Crippen LogP contribution in [-0.2, 0) is 9.47 Å². The summed E-state index contributed by atoms with van der Waals surface area (Å²) >= 11 is 0. The molecule has 4 heteroatoms. The lowest BCUT2D eigenvalue weighted by Crippen LogP contribution is -2.32. The normalized spacial score (nSPS) is 27.5. The van der Waals surface area contributed by atoms with Crippen molar-refractivity contribution in [2.45, 2.75) is 12.2 Å². The van der Waals surface area contributed by atoms with Crippen LogP contribution >= 0.6 is 0 Å². The minimum Gasteiger partial charge on any atom is -0.399 e. The molecule has 0 aromatic heterocycles. The van der Waals surface area contributed by atoms with Gasteiger partial charge in [-0.25, -0.2) is 0 Å². The first-order valence-corrected chi connectivity index (χ1v) is 4.50. The number of hydrogen-bond donors (Lipinski definition) is 2. The molecule has 0 radical (unpaired) electrons. The highest BCUT2D eigenvalue weighted by Crippen LogP contribution is 2.25. The van der Waals surface area contributed by atoms with Crippen LogP contribution in [0, 0.1) is 0 Å². The molecule has 4 nitrogen and oxygen atoms in total. The molecule has 2 atom stereocenters. The SMILES string of the molecule is Nc1ccc([C@@H]2OCOC[C@H]2O)cc1. The molecular weight excluding hydrogens is 182 g/mol. The van der Waals surface area contributed by atoms with Gasteiger partial charge in [0.25, 0.3) is 0 Å². The fourth-order valence-electron chi connectivity index (χ4n) is 1.49. The molecule has 0 amide bonds. The zero-order valence-electron chi connectivity index (χ0n) is 7.72. The van der Waals surface area contributed by atoms with E-state index in [1.807, 2.05) is 12.1 Å². The predicted molar refractivity (Wildman–Crippen MR) is 51.5 cm³/mol. The van der Waals surface area contributed by atoms with E-state index >= 15 is 0 Å². The summed E-state index contributed by atoms with van der Waals surface area (Å²) < 4.78 is 10.3. The quantitative estimate of drug-likeness (QED) is 0.646. The molecule has 0 spiro atoms. The Balaban J connectivity index is 2.16. The van der Waals surface area contributed by atoms with Gasteiger partial charge in [0.15, 0.2) is 0 Å². The molecule has 2 rings (SSSR count). The predicted octanol–water partition coefficient (Wildman–Crippen LogP) is 0.675. The number of rotatable bonds is 1. The van der Waals surface area contributed by atoms with Crippen molar-refractivity contribution in [1.82, 2.24) is 0 Å². The summed E-state index contributed by atoms with van der Waals surface area (Å²) in [5.41, 5.74) is 7.19. The summed E-state index contributed by atoms with van der Waals surface area (Å²) in [5.74, 6) is 0. The van der Waals surface area contributed by atoms with Crippen molar-refractivity contribution < 1.29 is 14.6 Å². The molecule has 1 aliphatic rings. The van der Waals surface area contributed by atoms with Crippen LogP contribution in [0.5, 0.6) is 0 Å². The molecule has 14 heavy (non-hydrogen) atoms. The van der Waals surface area contributed by atoms with Crippen LogP contribution in [0.1, 0.15) is 11.7 Å². The summed E-state index contributed by atoms with van der Waals surface area (Å²) in [6.07, 6.45) is -0.906. The number of benzene rings is 1. The summed E-state index contributed by atoms with van der Waals surface area (Å²) in [7, 11) is 0. The van der Waals surface area contributed by atoms with Gasteiger partial charge in [0.2, 0.25) is 0 Å². The molecule has 1 heterocycles. The second-order valence-corrected chi connectivity index (χ2v) is 3.31. The molecule has 76 valence electrons. The third-order valence-corrected chi connectivity index (χ3v) is 2.23. The smallest absolute Gasteiger partial charge is 0.147 e. The summed E-state index contributed by atoms with van der Waals surface area (Å²) in [4.78, 5) is 0. The van der Waals surface area contributed by atoms with Crippen LogP contribution in [0.4, 0.5) is 5.69 Å². The van der Waals surface area contributed by atoms with Gasteiger partial charge in [0, 0.05) is 5.69 Å². The topological polar surface area (TPSA) is 64.7 Å². The van der Waals surface area contributed by atoms with Gasteiger partial charge in [0.05, 0.1) is 6.61 Å². The maximum Gasteiger partial charge on any atom is 0.147 e. The summed E-state index contributed by atoms with van der Waals surface area (Å²) in [6.45, 7) is 0.543. The fourth-order valence-corrected chi connectivity index (χ4v) is 1.49. The highest BCUT2D eigenvalue weighted by Gasteiger charge is 2.25. The van der Waals surface area contributed by atoms with Crippen molar-refractivity contribution in [2.75, 3.05) is 19.1 Å². The number of ether oxygens (including phenoxy) is 2. The Hall–Kier alpha value is -1.10. The second kappa shape index (κ2) is 3.96. The average molecular weight is 195 g/mol.